The van der Waals surface area contributed by atoms with Gasteiger partial charge in [0.2, 0.25) is 0 Å². The maximum atomic E-state index is 12.8. The Morgan fingerprint density at radius 2 is 1.84 bits per heavy atom. The topological polar surface area (TPSA) is 42.2 Å². The molecule has 3 nitrogen and oxygen atoms in total. The molecule has 0 amide bonds. The summed E-state index contributed by atoms with van der Waals surface area (Å²) < 4.78 is 21.3. The van der Waals surface area contributed by atoms with E-state index in [2.05, 4.69) is 4.72 Å². The fraction of sp³-hybridized carbons (Fsp3) is 0.733. The molecule has 1 atom stereocenters. The van der Waals surface area contributed by atoms with Gasteiger partial charge in [-0.15, -0.1) is 0 Å². The van der Waals surface area contributed by atoms with Crippen LogP contribution >= 0.6 is 0 Å². The lowest BCUT2D eigenvalue weighted by atomic mass is 9.56. The molecule has 19 heavy (non-hydrogen) atoms. The van der Waals surface area contributed by atoms with Crippen molar-refractivity contribution in [2.75, 3.05) is 0 Å². The molecule has 4 aliphatic rings. The summed E-state index contributed by atoms with van der Waals surface area (Å²) in [6, 6.07) is 3.81. The highest BCUT2D eigenvalue weighted by atomic mass is 32.2. The molecule has 0 saturated heterocycles. The van der Waals surface area contributed by atoms with Crippen LogP contribution in [-0.2, 0) is 17.5 Å². The molecule has 4 heteroatoms. The van der Waals surface area contributed by atoms with E-state index in [1.807, 2.05) is 12.1 Å². The molecule has 0 radical (unpaired) electrons. The zero-order valence-electron chi connectivity index (χ0n) is 11.1. The average Bonchev–Trinajstić information content (AvgIpc) is 2.87. The second-order valence-corrected chi connectivity index (χ2v) is 8.46. The smallest absolute Gasteiger partial charge is 0.118 e. The Morgan fingerprint density at radius 1 is 1.21 bits per heavy atom. The molecule has 0 aliphatic heterocycles. The number of hydrogen-bond donors (Lipinski definition) is 1. The first-order valence-corrected chi connectivity index (χ1v) is 8.56. The van der Waals surface area contributed by atoms with Crippen molar-refractivity contribution in [2.24, 2.45) is 17.8 Å². The monoisotopic (exact) mass is 279 g/mol. The van der Waals surface area contributed by atoms with Crippen molar-refractivity contribution in [3.63, 3.8) is 0 Å². The first kappa shape index (κ1) is 12.2. The molecule has 0 spiro atoms. The van der Waals surface area contributed by atoms with Gasteiger partial charge in [0.15, 0.2) is 0 Å². The highest BCUT2D eigenvalue weighted by Crippen LogP contribution is 2.57. The van der Waals surface area contributed by atoms with Crippen molar-refractivity contribution in [3.05, 3.63) is 24.2 Å². The Morgan fingerprint density at radius 3 is 2.37 bits per heavy atom. The Labute approximate surface area is 116 Å². The van der Waals surface area contributed by atoms with Gasteiger partial charge in [0.05, 0.1) is 28.5 Å². The molecule has 4 saturated carbocycles. The lowest BCUT2D eigenvalue weighted by Gasteiger charge is -2.55. The maximum Gasteiger partial charge on any atom is 0.118 e. The molecule has 4 aliphatic carbocycles. The molecule has 4 fully saturated rings. The Hall–Kier alpha value is -0.610. The third-order valence-electron chi connectivity index (χ3n) is 5.33. The normalized spacial score (nSPS) is 41.6. The van der Waals surface area contributed by atoms with Crippen molar-refractivity contribution in [1.82, 2.24) is 4.72 Å². The van der Waals surface area contributed by atoms with E-state index in [1.165, 1.54) is 38.5 Å². The van der Waals surface area contributed by atoms with Crippen molar-refractivity contribution >= 4 is 11.0 Å². The minimum atomic E-state index is -0.919. The SMILES string of the molecule is O=[S@](NCc1ccco1)C12CC3CC(CC(C3)C1)C2. The van der Waals surface area contributed by atoms with Gasteiger partial charge < -0.3 is 4.42 Å². The minimum Gasteiger partial charge on any atom is -0.468 e. The number of nitrogens with one attached hydrogen (secondary N) is 1. The standard InChI is InChI=1S/C15H21NO2S/c17-19(16-10-14-2-1-3-18-14)15-7-11-4-12(8-15)6-13(5-11)9-15/h1-3,11-13,16H,4-10H2/t11?,12?,13?,15?,19-/m0/s1. The summed E-state index contributed by atoms with van der Waals surface area (Å²) in [7, 11) is -0.919. The fourth-order valence-corrected chi connectivity index (χ4v) is 6.70. The van der Waals surface area contributed by atoms with Crippen molar-refractivity contribution in [3.8, 4) is 0 Å². The van der Waals surface area contributed by atoms with E-state index in [1.54, 1.807) is 6.26 Å². The largest absolute Gasteiger partial charge is 0.468 e. The van der Waals surface area contributed by atoms with Crippen LogP contribution in [0.25, 0.3) is 0 Å². The van der Waals surface area contributed by atoms with Gasteiger partial charge in [0.25, 0.3) is 0 Å². The third kappa shape index (κ3) is 2.09. The molecule has 4 bridgehead atoms. The van der Waals surface area contributed by atoms with Crippen LogP contribution in [-0.4, -0.2) is 8.96 Å². The molecule has 1 N–H and O–H groups in total. The molecule has 0 unspecified atom stereocenters. The molecule has 1 heterocycles. The molecule has 1 aromatic rings. The third-order valence-corrected chi connectivity index (χ3v) is 7.03. The van der Waals surface area contributed by atoms with E-state index < -0.39 is 11.0 Å². The van der Waals surface area contributed by atoms with Gasteiger partial charge in [-0.3, -0.25) is 0 Å². The van der Waals surface area contributed by atoms with Crippen LogP contribution in [0.1, 0.15) is 44.3 Å². The summed E-state index contributed by atoms with van der Waals surface area (Å²) in [4.78, 5) is 0. The van der Waals surface area contributed by atoms with E-state index in [-0.39, 0.29) is 4.75 Å². The van der Waals surface area contributed by atoms with E-state index in [0.29, 0.717) is 6.54 Å². The predicted octanol–water partition coefficient (Wildman–Crippen LogP) is 3.00. The molecule has 5 rings (SSSR count). The number of furan rings is 1. The van der Waals surface area contributed by atoms with Gasteiger partial charge in [0.1, 0.15) is 5.76 Å². The van der Waals surface area contributed by atoms with E-state index in [4.69, 9.17) is 4.42 Å². The lowest BCUT2D eigenvalue weighted by molar-refractivity contribution is 0.0356. The number of hydrogen-bond acceptors (Lipinski definition) is 2. The van der Waals surface area contributed by atoms with Crippen LogP contribution in [0.3, 0.4) is 0 Å². The summed E-state index contributed by atoms with van der Waals surface area (Å²) in [6.45, 7) is 0.585. The Balaban J connectivity index is 1.47. The summed E-state index contributed by atoms with van der Waals surface area (Å²) in [5.41, 5.74) is 0. The van der Waals surface area contributed by atoms with Crippen LogP contribution in [0, 0.1) is 17.8 Å². The molecule has 1 aromatic heterocycles. The quantitative estimate of drug-likeness (QED) is 0.920. The van der Waals surface area contributed by atoms with Crippen LogP contribution in [0.2, 0.25) is 0 Å². The second-order valence-electron chi connectivity index (χ2n) is 6.77. The van der Waals surface area contributed by atoms with Gasteiger partial charge in [-0.05, 0) is 68.4 Å². The highest BCUT2D eigenvalue weighted by molar-refractivity contribution is 7.84. The lowest BCUT2D eigenvalue weighted by Crippen LogP contribution is -2.55. The van der Waals surface area contributed by atoms with Crippen LogP contribution < -0.4 is 4.72 Å². The van der Waals surface area contributed by atoms with E-state index >= 15 is 0 Å². The van der Waals surface area contributed by atoms with Gasteiger partial charge in [-0.25, -0.2) is 8.93 Å². The Kier molecular flexibility index (Phi) is 2.85. The first-order valence-electron chi connectivity index (χ1n) is 7.41. The van der Waals surface area contributed by atoms with Crippen molar-refractivity contribution < 1.29 is 8.63 Å². The predicted molar refractivity (Wildman–Crippen MR) is 74.6 cm³/mol. The summed E-state index contributed by atoms with van der Waals surface area (Å²) in [5.74, 6) is 3.42. The van der Waals surface area contributed by atoms with Gasteiger partial charge in [-0.1, -0.05) is 0 Å². The average molecular weight is 279 g/mol. The summed E-state index contributed by atoms with van der Waals surface area (Å²) in [6.07, 6.45) is 9.40. The van der Waals surface area contributed by atoms with Gasteiger partial charge in [-0.2, -0.15) is 0 Å². The van der Waals surface area contributed by atoms with Crippen LogP contribution in [0.15, 0.2) is 22.8 Å². The second kappa shape index (κ2) is 4.45. The van der Waals surface area contributed by atoms with Crippen LogP contribution in [0.5, 0.6) is 0 Å². The zero-order valence-corrected chi connectivity index (χ0v) is 12.0. The molecular weight excluding hydrogens is 258 g/mol. The van der Waals surface area contributed by atoms with Gasteiger partial charge >= 0.3 is 0 Å². The van der Waals surface area contributed by atoms with Crippen molar-refractivity contribution in [1.29, 1.82) is 0 Å². The first-order chi connectivity index (χ1) is 9.23. The Bertz CT molecular complexity index is 447. The van der Waals surface area contributed by atoms with Crippen molar-refractivity contribution in [2.45, 2.75) is 49.8 Å². The molecular formula is C15H21NO2S. The minimum absolute atomic E-state index is 0.0708. The summed E-state index contributed by atoms with van der Waals surface area (Å²) in [5, 5.41) is 0. The fourth-order valence-electron chi connectivity index (χ4n) is 4.96. The number of rotatable bonds is 4. The zero-order chi connectivity index (χ0) is 12.9. The summed E-state index contributed by atoms with van der Waals surface area (Å²) >= 11 is 0. The van der Waals surface area contributed by atoms with Crippen LogP contribution in [0.4, 0.5) is 0 Å². The molecule has 104 valence electrons. The van der Waals surface area contributed by atoms with Gasteiger partial charge in [0, 0.05) is 0 Å². The van der Waals surface area contributed by atoms with E-state index in [9.17, 15) is 4.21 Å². The highest BCUT2D eigenvalue weighted by Gasteiger charge is 2.54. The maximum absolute atomic E-state index is 12.8. The van der Waals surface area contributed by atoms with E-state index in [0.717, 1.165) is 23.5 Å². The molecule has 0 aromatic carbocycles.